The lowest BCUT2D eigenvalue weighted by molar-refractivity contribution is 0.670. The summed E-state index contributed by atoms with van der Waals surface area (Å²) in [7, 11) is 0. The molecule has 0 unspecified atom stereocenters. The largest absolute Gasteiger partial charge is 0.455 e. The lowest BCUT2D eigenvalue weighted by Gasteiger charge is -2.33. The van der Waals surface area contributed by atoms with Crippen molar-refractivity contribution in [3.8, 4) is 55.6 Å². The molecule has 1 aromatic heterocycles. The monoisotopic (exact) mass is 801 g/mol. The van der Waals surface area contributed by atoms with Crippen LogP contribution in [0.5, 0.6) is 0 Å². The van der Waals surface area contributed by atoms with Gasteiger partial charge in [0.2, 0.25) is 0 Å². The fourth-order valence-electron chi connectivity index (χ4n) is 10.8. The Kier molecular flexibility index (Phi) is 7.85. The van der Waals surface area contributed by atoms with Crippen molar-refractivity contribution in [1.29, 1.82) is 0 Å². The van der Waals surface area contributed by atoms with Crippen LogP contribution in [0, 0.1) is 0 Å². The average molecular weight is 802 g/mol. The van der Waals surface area contributed by atoms with Crippen LogP contribution in [0.25, 0.3) is 77.6 Å². The van der Waals surface area contributed by atoms with Gasteiger partial charge in [-0.2, -0.15) is 0 Å². The number of para-hydroxylation sites is 3. The zero-order valence-corrected chi connectivity index (χ0v) is 34.4. The van der Waals surface area contributed by atoms with Gasteiger partial charge in [-0.3, -0.25) is 0 Å². The second kappa shape index (κ2) is 13.9. The van der Waals surface area contributed by atoms with E-state index < -0.39 is 5.41 Å². The maximum absolute atomic E-state index is 6.51. The predicted octanol–water partition coefficient (Wildman–Crippen LogP) is 16.4. The molecule has 0 amide bonds. The topological polar surface area (TPSA) is 16.4 Å². The van der Waals surface area contributed by atoms with Crippen LogP contribution >= 0.6 is 0 Å². The molecule has 2 heteroatoms. The summed E-state index contributed by atoms with van der Waals surface area (Å²) in [5.41, 5.74) is 22.0. The molecule has 2 aliphatic rings. The van der Waals surface area contributed by atoms with E-state index in [1.165, 1.54) is 61.2 Å². The molecule has 10 aromatic carbocycles. The Bertz CT molecular complexity index is 3520. The summed E-state index contributed by atoms with van der Waals surface area (Å²) in [5, 5.41) is 2.26. The molecule has 0 atom stereocenters. The molecule has 1 heterocycles. The van der Waals surface area contributed by atoms with Crippen molar-refractivity contribution in [1.82, 2.24) is 0 Å². The van der Waals surface area contributed by atoms with Crippen LogP contribution in [-0.2, 0) is 5.41 Å². The standard InChI is InChI=1S/C61H39NO/c1-3-16-40(17-4-1)43-32-36-50-51-37-35-45(39-57(51)61(56(50)38-43)54-26-11-7-21-48(54)49-22-8-12-27-55(49)61)62(58-28-13-9-20-46(58)41-18-5-2-6-19-41)44-33-30-42(31-34-44)47-24-15-25-53-52-23-10-14-29-59(52)63-60(47)53/h1-39H. The van der Waals surface area contributed by atoms with E-state index in [9.17, 15) is 0 Å². The van der Waals surface area contributed by atoms with Crippen LogP contribution in [0.3, 0.4) is 0 Å². The third-order valence-electron chi connectivity index (χ3n) is 13.5. The summed E-state index contributed by atoms with van der Waals surface area (Å²) in [6, 6.07) is 86.6. The zero-order chi connectivity index (χ0) is 41.5. The van der Waals surface area contributed by atoms with Crippen molar-refractivity contribution < 1.29 is 4.42 Å². The van der Waals surface area contributed by atoms with Gasteiger partial charge in [0.15, 0.2) is 0 Å². The van der Waals surface area contributed by atoms with Crippen LogP contribution in [0.15, 0.2) is 241 Å². The molecule has 1 spiro atoms. The minimum absolute atomic E-state index is 0.515. The first-order chi connectivity index (χ1) is 31.3. The van der Waals surface area contributed by atoms with Crippen molar-refractivity contribution >= 4 is 39.0 Å². The van der Waals surface area contributed by atoms with Crippen molar-refractivity contribution in [2.24, 2.45) is 0 Å². The molecule has 2 aliphatic carbocycles. The number of hydrogen-bond acceptors (Lipinski definition) is 2. The number of fused-ring (bicyclic) bond motifs is 13. The third-order valence-corrected chi connectivity index (χ3v) is 13.5. The molecule has 63 heavy (non-hydrogen) atoms. The Morgan fingerprint density at radius 3 is 1.56 bits per heavy atom. The lowest BCUT2D eigenvalue weighted by Crippen LogP contribution is -2.26. The zero-order valence-electron chi connectivity index (χ0n) is 34.4. The highest BCUT2D eigenvalue weighted by Gasteiger charge is 2.52. The molecule has 11 aromatic rings. The van der Waals surface area contributed by atoms with Gasteiger partial charge >= 0.3 is 0 Å². The highest BCUT2D eigenvalue weighted by atomic mass is 16.3. The normalized spacial score (nSPS) is 12.9. The van der Waals surface area contributed by atoms with E-state index in [1.54, 1.807) is 0 Å². The fraction of sp³-hybridized carbons (Fsp3) is 0.0164. The van der Waals surface area contributed by atoms with E-state index in [0.29, 0.717) is 0 Å². The van der Waals surface area contributed by atoms with Gasteiger partial charge in [0.25, 0.3) is 0 Å². The van der Waals surface area contributed by atoms with E-state index in [1.807, 2.05) is 6.07 Å². The smallest absolute Gasteiger partial charge is 0.143 e. The number of hydrogen-bond donors (Lipinski definition) is 0. The van der Waals surface area contributed by atoms with Gasteiger partial charge in [-0.1, -0.05) is 194 Å². The summed E-state index contributed by atoms with van der Waals surface area (Å²) in [6.07, 6.45) is 0. The molecule has 0 N–H and O–H groups in total. The van der Waals surface area contributed by atoms with Gasteiger partial charge < -0.3 is 9.32 Å². The van der Waals surface area contributed by atoms with Crippen molar-refractivity contribution in [3.05, 3.63) is 259 Å². The van der Waals surface area contributed by atoms with Crippen LogP contribution in [0.1, 0.15) is 22.3 Å². The molecule has 13 rings (SSSR count). The van der Waals surface area contributed by atoms with Gasteiger partial charge in [0, 0.05) is 33.3 Å². The second-order valence-electron chi connectivity index (χ2n) is 16.7. The number of anilines is 3. The summed E-state index contributed by atoms with van der Waals surface area (Å²) >= 11 is 0. The van der Waals surface area contributed by atoms with Crippen molar-refractivity contribution in [3.63, 3.8) is 0 Å². The highest BCUT2D eigenvalue weighted by Crippen LogP contribution is 2.64. The van der Waals surface area contributed by atoms with Crippen LogP contribution in [-0.4, -0.2) is 0 Å². The van der Waals surface area contributed by atoms with Gasteiger partial charge in [-0.25, -0.2) is 0 Å². The van der Waals surface area contributed by atoms with Crippen LogP contribution in [0.2, 0.25) is 0 Å². The van der Waals surface area contributed by atoms with Crippen LogP contribution in [0.4, 0.5) is 17.1 Å². The molecule has 294 valence electrons. The summed E-state index contributed by atoms with van der Waals surface area (Å²) < 4.78 is 6.51. The molecule has 0 radical (unpaired) electrons. The summed E-state index contributed by atoms with van der Waals surface area (Å²) in [6.45, 7) is 0. The highest BCUT2D eigenvalue weighted by molar-refractivity contribution is 6.09. The SMILES string of the molecule is c1ccc(-c2ccc3c(c2)C2(c4ccccc4-c4ccccc42)c2cc(N(c4ccc(-c5cccc6c5oc5ccccc56)cc4)c4ccccc4-c4ccccc4)ccc2-3)cc1. The van der Waals surface area contributed by atoms with Gasteiger partial charge in [0.1, 0.15) is 11.2 Å². The van der Waals surface area contributed by atoms with Gasteiger partial charge in [0.05, 0.1) is 11.1 Å². The summed E-state index contributed by atoms with van der Waals surface area (Å²) in [4.78, 5) is 2.45. The minimum Gasteiger partial charge on any atom is -0.455 e. The molecule has 0 bridgehead atoms. The van der Waals surface area contributed by atoms with Crippen molar-refractivity contribution in [2.75, 3.05) is 4.90 Å². The van der Waals surface area contributed by atoms with Crippen molar-refractivity contribution in [2.45, 2.75) is 5.41 Å². The van der Waals surface area contributed by atoms with E-state index in [-0.39, 0.29) is 0 Å². The summed E-state index contributed by atoms with van der Waals surface area (Å²) in [5.74, 6) is 0. The Morgan fingerprint density at radius 2 is 0.810 bits per heavy atom. The average Bonchev–Trinajstić information content (AvgIpc) is 3.99. The lowest BCUT2D eigenvalue weighted by atomic mass is 9.70. The minimum atomic E-state index is -0.515. The van der Waals surface area contributed by atoms with E-state index in [2.05, 4.69) is 235 Å². The molecular weight excluding hydrogens is 763 g/mol. The van der Waals surface area contributed by atoms with Gasteiger partial charge in [-0.15, -0.1) is 0 Å². The first-order valence-electron chi connectivity index (χ1n) is 21.8. The molecule has 0 aliphatic heterocycles. The molecule has 0 saturated carbocycles. The Morgan fingerprint density at radius 1 is 0.302 bits per heavy atom. The molecule has 0 saturated heterocycles. The number of benzene rings is 10. The second-order valence-corrected chi connectivity index (χ2v) is 16.7. The Balaban J connectivity index is 1.04. The maximum Gasteiger partial charge on any atom is 0.143 e. The molecule has 0 fully saturated rings. The first kappa shape index (κ1) is 35.5. The Labute approximate surface area is 366 Å². The predicted molar refractivity (Wildman–Crippen MR) is 261 cm³/mol. The van der Waals surface area contributed by atoms with E-state index >= 15 is 0 Å². The van der Waals surface area contributed by atoms with E-state index in [0.717, 1.165) is 55.7 Å². The quantitative estimate of drug-likeness (QED) is 0.167. The maximum atomic E-state index is 6.51. The molecule has 2 nitrogen and oxygen atoms in total. The number of rotatable bonds is 6. The number of furan rings is 1. The van der Waals surface area contributed by atoms with E-state index in [4.69, 9.17) is 4.42 Å². The Hall–Kier alpha value is -8.20. The number of nitrogens with zero attached hydrogens (tertiary/aromatic N) is 1. The third kappa shape index (κ3) is 5.25. The fourth-order valence-corrected chi connectivity index (χ4v) is 10.8. The first-order valence-corrected chi connectivity index (χ1v) is 21.8. The van der Waals surface area contributed by atoms with Crippen LogP contribution < -0.4 is 4.90 Å². The van der Waals surface area contributed by atoms with Gasteiger partial charge in [-0.05, 0) is 109 Å². The molecular formula is C61H39NO.